The summed E-state index contributed by atoms with van der Waals surface area (Å²) in [7, 11) is 0. The number of nitriles is 1. The van der Waals surface area contributed by atoms with Crippen LogP contribution >= 0.6 is 34.3 Å². The minimum absolute atomic E-state index is 0.280. The van der Waals surface area contributed by atoms with Gasteiger partial charge in [0.25, 0.3) is 0 Å². The fraction of sp³-hybridized carbons (Fsp3) is 0.273. The Hall–Kier alpha value is -1.09. The Bertz CT molecular complexity index is 553. The molecule has 0 bridgehead atoms. The summed E-state index contributed by atoms with van der Waals surface area (Å²) in [5.41, 5.74) is 1.35. The number of nitrogens with zero attached hydrogens (tertiary/aromatic N) is 2. The smallest absolute Gasteiger partial charge is 0.185 e. The normalized spacial score (nSPS) is 10.2. The van der Waals surface area contributed by atoms with Crippen LogP contribution in [0.4, 0.5) is 5.13 Å². The van der Waals surface area contributed by atoms with Gasteiger partial charge < -0.3 is 5.32 Å². The van der Waals surface area contributed by atoms with Crippen molar-refractivity contribution in [2.24, 2.45) is 0 Å². The lowest BCUT2D eigenvalue weighted by molar-refractivity contribution is 1.08. The summed E-state index contributed by atoms with van der Waals surface area (Å²) < 4.78 is 0. The number of anilines is 1. The molecule has 0 amide bonds. The lowest BCUT2D eigenvalue weighted by Gasteiger charge is -2.02. The van der Waals surface area contributed by atoms with Gasteiger partial charge in [0.05, 0.1) is 6.54 Å². The van der Waals surface area contributed by atoms with E-state index in [1.54, 1.807) is 11.3 Å². The summed E-state index contributed by atoms with van der Waals surface area (Å²) in [6, 6.07) is 4.15. The van der Waals surface area contributed by atoms with Crippen molar-refractivity contribution in [3.63, 3.8) is 0 Å². The zero-order valence-corrected chi connectivity index (χ0v) is 11.5. The number of nitrogens with one attached hydrogen (secondary N) is 1. The first-order chi connectivity index (χ1) is 8.24. The summed E-state index contributed by atoms with van der Waals surface area (Å²) in [4.78, 5) is 5.85. The third kappa shape index (κ3) is 2.78. The van der Waals surface area contributed by atoms with Gasteiger partial charge >= 0.3 is 0 Å². The molecule has 6 heteroatoms. The van der Waals surface area contributed by atoms with Crippen LogP contribution in [0.5, 0.6) is 0 Å². The van der Waals surface area contributed by atoms with Gasteiger partial charge in [0, 0.05) is 4.88 Å². The lowest BCUT2D eigenvalue weighted by Crippen LogP contribution is -1.98. The molecule has 0 unspecified atom stereocenters. The van der Waals surface area contributed by atoms with E-state index in [1.165, 1.54) is 21.8 Å². The summed E-state index contributed by atoms with van der Waals surface area (Å²) >= 11 is 8.81. The maximum atomic E-state index is 8.78. The molecular formula is C11H10ClN3S2. The van der Waals surface area contributed by atoms with Crippen molar-refractivity contribution in [2.75, 3.05) is 5.32 Å². The predicted molar refractivity (Wildman–Crippen MR) is 72.9 cm³/mol. The fourth-order valence-electron chi connectivity index (χ4n) is 1.44. The van der Waals surface area contributed by atoms with Gasteiger partial charge in [0.15, 0.2) is 10.3 Å². The SMILES string of the molecule is CCc1ccsc1CNc1nc(Cl)c(C#N)s1. The van der Waals surface area contributed by atoms with E-state index in [2.05, 4.69) is 28.7 Å². The minimum atomic E-state index is 0.280. The van der Waals surface area contributed by atoms with E-state index in [4.69, 9.17) is 16.9 Å². The summed E-state index contributed by atoms with van der Waals surface area (Å²) in [6.45, 7) is 2.87. The lowest BCUT2D eigenvalue weighted by atomic mass is 10.2. The van der Waals surface area contributed by atoms with Crippen molar-refractivity contribution < 1.29 is 0 Å². The summed E-state index contributed by atoms with van der Waals surface area (Å²) in [5.74, 6) is 0. The maximum Gasteiger partial charge on any atom is 0.185 e. The molecule has 0 radical (unpaired) electrons. The molecule has 88 valence electrons. The molecule has 0 aliphatic carbocycles. The van der Waals surface area contributed by atoms with Crippen molar-refractivity contribution in [1.82, 2.24) is 4.98 Å². The second-order valence-electron chi connectivity index (χ2n) is 3.33. The molecule has 0 saturated carbocycles. The van der Waals surface area contributed by atoms with Crippen LogP contribution in [0.25, 0.3) is 0 Å². The molecule has 0 fully saturated rings. The molecule has 17 heavy (non-hydrogen) atoms. The molecule has 0 atom stereocenters. The van der Waals surface area contributed by atoms with Gasteiger partial charge in [-0.05, 0) is 23.4 Å². The molecule has 0 aliphatic heterocycles. The van der Waals surface area contributed by atoms with Gasteiger partial charge in [0.1, 0.15) is 10.9 Å². The monoisotopic (exact) mass is 283 g/mol. The van der Waals surface area contributed by atoms with E-state index >= 15 is 0 Å². The van der Waals surface area contributed by atoms with E-state index in [0.717, 1.165) is 13.0 Å². The molecule has 2 aromatic heterocycles. The van der Waals surface area contributed by atoms with Crippen LogP contribution in [0.15, 0.2) is 11.4 Å². The van der Waals surface area contributed by atoms with E-state index in [-0.39, 0.29) is 5.15 Å². The zero-order chi connectivity index (χ0) is 12.3. The standard InChI is InChI=1S/C11H10ClN3S2/c1-2-7-3-4-16-9(7)6-14-11-15-10(12)8(5-13)17-11/h3-4H,2,6H2,1H3,(H,14,15). The molecule has 0 aromatic carbocycles. The minimum Gasteiger partial charge on any atom is -0.357 e. The van der Waals surface area contributed by atoms with Gasteiger partial charge in [-0.1, -0.05) is 29.9 Å². The molecule has 2 aromatic rings. The molecule has 2 rings (SSSR count). The Balaban J connectivity index is 2.05. The van der Waals surface area contributed by atoms with Gasteiger partial charge in [-0.2, -0.15) is 5.26 Å². The van der Waals surface area contributed by atoms with Crippen molar-refractivity contribution in [3.05, 3.63) is 31.9 Å². The molecule has 0 aliphatic rings. The van der Waals surface area contributed by atoms with Gasteiger partial charge in [0.2, 0.25) is 0 Å². The number of hydrogen-bond donors (Lipinski definition) is 1. The van der Waals surface area contributed by atoms with E-state index in [1.807, 2.05) is 6.07 Å². The van der Waals surface area contributed by atoms with Crippen LogP contribution < -0.4 is 5.32 Å². The Morgan fingerprint density at radius 2 is 2.41 bits per heavy atom. The highest BCUT2D eigenvalue weighted by Crippen LogP contribution is 2.27. The number of hydrogen-bond acceptors (Lipinski definition) is 5. The third-order valence-corrected chi connectivity index (χ3v) is 4.57. The van der Waals surface area contributed by atoms with Crippen LogP contribution in [0.2, 0.25) is 5.15 Å². The number of halogens is 1. The summed E-state index contributed by atoms with van der Waals surface area (Å²) in [6.07, 6.45) is 1.03. The highest BCUT2D eigenvalue weighted by atomic mass is 35.5. The quantitative estimate of drug-likeness (QED) is 0.926. The third-order valence-electron chi connectivity index (χ3n) is 2.31. The highest BCUT2D eigenvalue weighted by Gasteiger charge is 2.09. The van der Waals surface area contributed by atoms with Crippen LogP contribution in [0.3, 0.4) is 0 Å². The van der Waals surface area contributed by atoms with Gasteiger partial charge in [-0.3, -0.25) is 0 Å². The summed E-state index contributed by atoms with van der Waals surface area (Å²) in [5, 5.41) is 15.0. The van der Waals surface area contributed by atoms with Crippen LogP contribution in [0.1, 0.15) is 22.2 Å². The van der Waals surface area contributed by atoms with Crippen molar-refractivity contribution in [2.45, 2.75) is 19.9 Å². The Kier molecular flexibility index (Phi) is 4.00. The van der Waals surface area contributed by atoms with Crippen LogP contribution in [0, 0.1) is 11.3 Å². The predicted octanol–water partition coefficient (Wildman–Crippen LogP) is 3.90. The maximum absolute atomic E-state index is 8.78. The average molecular weight is 284 g/mol. The first kappa shape index (κ1) is 12.4. The highest BCUT2D eigenvalue weighted by molar-refractivity contribution is 7.16. The van der Waals surface area contributed by atoms with Crippen molar-refractivity contribution in [1.29, 1.82) is 5.26 Å². The molecule has 0 saturated heterocycles. The first-order valence-corrected chi connectivity index (χ1v) is 7.17. The molecule has 0 spiro atoms. The van der Waals surface area contributed by atoms with Crippen LogP contribution in [-0.2, 0) is 13.0 Å². The largest absolute Gasteiger partial charge is 0.357 e. The first-order valence-electron chi connectivity index (χ1n) is 5.10. The fourth-order valence-corrected chi connectivity index (χ4v) is 3.30. The second-order valence-corrected chi connectivity index (χ2v) is 5.68. The molecule has 1 N–H and O–H groups in total. The van der Waals surface area contributed by atoms with E-state index < -0.39 is 0 Å². The van der Waals surface area contributed by atoms with E-state index in [0.29, 0.717) is 10.0 Å². The van der Waals surface area contributed by atoms with Gasteiger partial charge in [-0.15, -0.1) is 11.3 Å². The number of rotatable bonds is 4. The molecule has 3 nitrogen and oxygen atoms in total. The topological polar surface area (TPSA) is 48.7 Å². The number of thiazole rings is 1. The van der Waals surface area contributed by atoms with Gasteiger partial charge in [-0.25, -0.2) is 4.98 Å². The van der Waals surface area contributed by atoms with Crippen LogP contribution in [-0.4, -0.2) is 4.98 Å². The average Bonchev–Trinajstić information content (AvgIpc) is 2.92. The Labute approximate surface area is 113 Å². The Morgan fingerprint density at radius 1 is 1.59 bits per heavy atom. The zero-order valence-electron chi connectivity index (χ0n) is 9.16. The molecular weight excluding hydrogens is 274 g/mol. The van der Waals surface area contributed by atoms with E-state index in [9.17, 15) is 0 Å². The molecule has 2 heterocycles. The van der Waals surface area contributed by atoms with Crippen molar-refractivity contribution >= 4 is 39.4 Å². The second kappa shape index (κ2) is 5.50. The number of thiophene rings is 1. The number of aryl methyl sites for hydroxylation is 1. The Morgan fingerprint density at radius 3 is 3.06 bits per heavy atom. The van der Waals surface area contributed by atoms with Crippen molar-refractivity contribution in [3.8, 4) is 6.07 Å². The number of aromatic nitrogens is 1.